The molecular formula is C10H12F3N3O. The maximum Gasteiger partial charge on any atom is 0.435 e. The van der Waals surface area contributed by atoms with E-state index in [1.807, 2.05) is 0 Å². The van der Waals surface area contributed by atoms with E-state index in [9.17, 15) is 18.0 Å². The third kappa shape index (κ3) is 3.61. The number of rotatable bonds is 4. The summed E-state index contributed by atoms with van der Waals surface area (Å²) >= 11 is 0. The van der Waals surface area contributed by atoms with E-state index in [0.29, 0.717) is 5.69 Å². The molecule has 0 aliphatic carbocycles. The fourth-order valence-electron chi connectivity index (χ4n) is 1.26. The van der Waals surface area contributed by atoms with Crippen molar-refractivity contribution in [2.24, 2.45) is 7.05 Å². The van der Waals surface area contributed by atoms with Crippen LogP contribution >= 0.6 is 0 Å². The number of aromatic nitrogens is 2. The van der Waals surface area contributed by atoms with Gasteiger partial charge >= 0.3 is 6.18 Å². The van der Waals surface area contributed by atoms with Crippen LogP contribution in [0.4, 0.5) is 13.2 Å². The molecule has 0 atom stereocenters. The molecule has 17 heavy (non-hydrogen) atoms. The fourth-order valence-corrected chi connectivity index (χ4v) is 1.26. The van der Waals surface area contributed by atoms with Crippen molar-refractivity contribution in [2.45, 2.75) is 12.6 Å². The van der Waals surface area contributed by atoms with Crippen LogP contribution in [0.3, 0.4) is 0 Å². The minimum absolute atomic E-state index is 0.238. The van der Waals surface area contributed by atoms with E-state index in [1.165, 1.54) is 7.05 Å². The molecule has 0 unspecified atom stereocenters. The summed E-state index contributed by atoms with van der Waals surface area (Å²) in [7, 11) is 1.43. The Hall–Kier alpha value is -1.79. The number of halogens is 3. The first-order valence-electron chi connectivity index (χ1n) is 4.85. The molecule has 0 aliphatic heterocycles. The molecule has 0 bridgehead atoms. The summed E-state index contributed by atoms with van der Waals surface area (Å²) in [4.78, 5) is 10.8. The molecule has 1 aromatic rings. The highest BCUT2D eigenvalue weighted by molar-refractivity contribution is 5.86. The molecule has 1 amide bonds. The van der Waals surface area contributed by atoms with Crippen molar-refractivity contribution in [3.05, 3.63) is 30.1 Å². The van der Waals surface area contributed by atoms with Gasteiger partial charge in [-0.15, -0.1) is 0 Å². The highest BCUT2D eigenvalue weighted by Crippen LogP contribution is 2.28. The minimum atomic E-state index is -4.44. The molecule has 1 heterocycles. The van der Waals surface area contributed by atoms with Crippen LogP contribution in [0.15, 0.2) is 18.7 Å². The Morgan fingerprint density at radius 1 is 1.65 bits per heavy atom. The SMILES string of the molecule is C=CC(=O)NCCc1cc(C(F)(F)F)nn1C. The predicted octanol–water partition coefficient (Wildman–Crippen LogP) is 1.28. The van der Waals surface area contributed by atoms with E-state index >= 15 is 0 Å². The van der Waals surface area contributed by atoms with Crippen LogP contribution in [0.2, 0.25) is 0 Å². The second-order valence-electron chi connectivity index (χ2n) is 3.39. The number of hydrogen-bond acceptors (Lipinski definition) is 2. The molecule has 0 saturated carbocycles. The third-order valence-electron chi connectivity index (χ3n) is 2.13. The second kappa shape index (κ2) is 5.03. The number of amides is 1. The van der Waals surface area contributed by atoms with Crippen LogP contribution in [0.1, 0.15) is 11.4 Å². The number of nitrogens with one attached hydrogen (secondary N) is 1. The normalized spacial score (nSPS) is 11.3. The van der Waals surface area contributed by atoms with E-state index in [-0.39, 0.29) is 18.9 Å². The number of nitrogens with zero attached hydrogens (tertiary/aromatic N) is 2. The van der Waals surface area contributed by atoms with Crippen molar-refractivity contribution in [1.82, 2.24) is 15.1 Å². The second-order valence-corrected chi connectivity index (χ2v) is 3.39. The van der Waals surface area contributed by atoms with Crippen LogP contribution < -0.4 is 5.32 Å². The smallest absolute Gasteiger partial charge is 0.352 e. The van der Waals surface area contributed by atoms with Crippen molar-refractivity contribution in [3.63, 3.8) is 0 Å². The van der Waals surface area contributed by atoms with Gasteiger partial charge in [0.15, 0.2) is 5.69 Å². The van der Waals surface area contributed by atoms with Gasteiger partial charge in [0.05, 0.1) is 0 Å². The van der Waals surface area contributed by atoms with Gasteiger partial charge in [0.2, 0.25) is 5.91 Å². The van der Waals surface area contributed by atoms with Gasteiger partial charge < -0.3 is 5.32 Å². The van der Waals surface area contributed by atoms with Crippen LogP contribution in [0, 0.1) is 0 Å². The topological polar surface area (TPSA) is 46.9 Å². The summed E-state index contributed by atoms with van der Waals surface area (Å²) in [6.45, 7) is 3.50. The molecule has 0 radical (unpaired) electrons. The highest BCUT2D eigenvalue weighted by atomic mass is 19.4. The molecule has 0 saturated heterocycles. The molecular weight excluding hydrogens is 235 g/mol. The maximum absolute atomic E-state index is 12.3. The summed E-state index contributed by atoms with van der Waals surface area (Å²) in [5.74, 6) is -0.358. The zero-order valence-corrected chi connectivity index (χ0v) is 9.21. The lowest BCUT2D eigenvalue weighted by atomic mass is 10.2. The first-order valence-corrected chi connectivity index (χ1v) is 4.85. The summed E-state index contributed by atoms with van der Waals surface area (Å²) < 4.78 is 38.1. The molecule has 0 aromatic carbocycles. The van der Waals surface area contributed by atoms with Gasteiger partial charge in [-0.2, -0.15) is 18.3 Å². The predicted molar refractivity (Wildman–Crippen MR) is 55.1 cm³/mol. The van der Waals surface area contributed by atoms with Crippen molar-refractivity contribution < 1.29 is 18.0 Å². The van der Waals surface area contributed by atoms with E-state index in [0.717, 1.165) is 16.8 Å². The number of alkyl halides is 3. The largest absolute Gasteiger partial charge is 0.435 e. The Kier molecular flexibility index (Phi) is 3.93. The minimum Gasteiger partial charge on any atom is -0.352 e. The van der Waals surface area contributed by atoms with Gasteiger partial charge in [-0.25, -0.2) is 0 Å². The van der Waals surface area contributed by atoms with Crippen LogP contribution in [0.5, 0.6) is 0 Å². The summed E-state index contributed by atoms with van der Waals surface area (Å²) in [6, 6.07) is 0.972. The molecule has 1 rings (SSSR count). The van der Waals surface area contributed by atoms with E-state index in [1.54, 1.807) is 0 Å². The lowest BCUT2D eigenvalue weighted by Crippen LogP contribution is -2.23. The number of carbonyl (C=O) groups is 1. The molecule has 7 heteroatoms. The van der Waals surface area contributed by atoms with Gasteiger partial charge in [0.25, 0.3) is 0 Å². The van der Waals surface area contributed by atoms with Crippen LogP contribution in [-0.2, 0) is 24.4 Å². The Morgan fingerprint density at radius 2 is 2.29 bits per heavy atom. The monoisotopic (exact) mass is 247 g/mol. The quantitative estimate of drug-likeness (QED) is 0.815. The molecule has 0 aliphatic rings. The molecule has 4 nitrogen and oxygen atoms in total. The fraction of sp³-hybridized carbons (Fsp3) is 0.400. The van der Waals surface area contributed by atoms with Crippen molar-refractivity contribution in [3.8, 4) is 0 Å². The Morgan fingerprint density at radius 3 is 2.76 bits per heavy atom. The lowest BCUT2D eigenvalue weighted by molar-refractivity contribution is -0.141. The third-order valence-corrected chi connectivity index (χ3v) is 2.13. The molecule has 1 N–H and O–H groups in total. The zero-order chi connectivity index (χ0) is 13.1. The Labute approximate surface area is 96.1 Å². The number of carbonyl (C=O) groups excluding carboxylic acids is 1. The van der Waals surface area contributed by atoms with Crippen molar-refractivity contribution in [2.75, 3.05) is 6.54 Å². The first-order chi connectivity index (χ1) is 7.84. The first kappa shape index (κ1) is 13.3. The van der Waals surface area contributed by atoms with Gasteiger partial charge in [-0.05, 0) is 12.1 Å². The van der Waals surface area contributed by atoms with Crippen molar-refractivity contribution in [1.29, 1.82) is 0 Å². The Bertz CT molecular complexity index is 423. The summed E-state index contributed by atoms with van der Waals surface area (Å²) in [6.07, 6.45) is -3.07. The molecule has 0 spiro atoms. The highest BCUT2D eigenvalue weighted by Gasteiger charge is 2.34. The van der Waals surface area contributed by atoms with Crippen molar-refractivity contribution >= 4 is 5.91 Å². The lowest BCUT2D eigenvalue weighted by Gasteiger charge is -2.02. The standard InChI is InChI=1S/C10H12F3N3O/c1-3-9(17)14-5-4-7-6-8(10(11,12)13)15-16(7)2/h3,6H,1,4-5H2,2H3,(H,14,17). The van der Waals surface area contributed by atoms with Gasteiger partial charge in [0, 0.05) is 25.7 Å². The average molecular weight is 247 g/mol. The zero-order valence-electron chi connectivity index (χ0n) is 9.21. The summed E-state index contributed by atoms with van der Waals surface area (Å²) in [5.41, 5.74) is -0.522. The van der Waals surface area contributed by atoms with E-state index < -0.39 is 11.9 Å². The molecule has 0 fully saturated rings. The molecule has 1 aromatic heterocycles. The van der Waals surface area contributed by atoms with Gasteiger partial charge in [-0.1, -0.05) is 6.58 Å². The number of aryl methyl sites for hydroxylation is 1. The summed E-state index contributed by atoms with van der Waals surface area (Å²) in [5, 5.41) is 5.84. The average Bonchev–Trinajstić information content (AvgIpc) is 2.60. The Balaban J connectivity index is 2.63. The molecule has 94 valence electrons. The van der Waals surface area contributed by atoms with Crippen LogP contribution in [0.25, 0.3) is 0 Å². The maximum atomic E-state index is 12.3. The van der Waals surface area contributed by atoms with Gasteiger partial charge in [-0.3, -0.25) is 9.48 Å². The van der Waals surface area contributed by atoms with E-state index in [4.69, 9.17) is 0 Å². The number of hydrogen-bond donors (Lipinski definition) is 1. The van der Waals surface area contributed by atoms with Gasteiger partial charge in [0.1, 0.15) is 0 Å². The van der Waals surface area contributed by atoms with Crippen LogP contribution in [-0.4, -0.2) is 22.2 Å². The van der Waals surface area contributed by atoms with E-state index in [2.05, 4.69) is 17.0 Å².